The largest absolute Gasteiger partial charge is 0.336 e. The molecule has 0 unspecified atom stereocenters. The van der Waals surface area contributed by atoms with E-state index in [0.29, 0.717) is 24.7 Å². The fourth-order valence-corrected chi connectivity index (χ4v) is 6.25. The normalized spacial score (nSPS) is 19.9. The van der Waals surface area contributed by atoms with Crippen molar-refractivity contribution in [1.29, 1.82) is 0 Å². The molecular weight excluding hydrogens is 536 g/mol. The van der Waals surface area contributed by atoms with Crippen LogP contribution in [0.5, 0.6) is 0 Å². The summed E-state index contributed by atoms with van der Waals surface area (Å²) in [6.07, 6.45) is 2.62. The lowest BCUT2D eigenvalue weighted by Crippen LogP contribution is -2.45. The topological polar surface area (TPSA) is 43.9 Å². The minimum Gasteiger partial charge on any atom is -0.336 e. The Balaban J connectivity index is 1.51. The highest BCUT2D eigenvalue weighted by atomic mass is 35.5. The van der Waals surface area contributed by atoms with E-state index in [4.69, 9.17) is 23.2 Å². The Kier molecular flexibility index (Phi) is 8.55. The Morgan fingerprint density at radius 3 is 2.41 bits per heavy atom. The summed E-state index contributed by atoms with van der Waals surface area (Å²) >= 11 is 12.4. The second kappa shape index (κ2) is 12.1. The van der Waals surface area contributed by atoms with Crippen molar-refractivity contribution >= 4 is 40.7 Å². The van der Waals surface area contributed by atoms with Crippen LogP contribution in [0.15, 0.2) is 66.7 Å². The van der Waals surface area contributed by atoms with E-state index in [1.54, 1.807) is 19.1 Å². The first-order valence-corrected chi connectivity index (χ1v) is 14.1. The molecular formula is C31H32Cl2FN3O2. The van der Waals surface area contributed by atoms with Gasteiger partial charge in [-0.25, -0.2) is 4.39 Å². The van der Waals surface area contributed by atoms with Crippen LogP contribution in [0.3, 0.4) is 0 Å². The number of hydrogen-bond donors (Lipinski definition) is 0. The summed E-state index contributed by atoms with van der Waals surface area (Å²) in [4.78, 5) is 32.7. The van der Waals surface area contributed by atoms with Crippen LogP contribution in [-0.2, 0) is 29.1 Å². The molecule has 8 heteroatoms. The third-order valence-electron chi connectivity index (χ3n) is 7.93. The second-order valence-electron chi connectivity index (χ2n) is 10.4. The number of nitrogens with zero attached hydrogens (tertiary/aromatic N) is 3. The molecule has 5 rings (SSSR count). The molecule has 3 aromatic carbocycles. The van der Waals surface area contributed by atoms with Gasteiger partial charge in [0.1, 0.15) is 5.82 Å². The Morgan fingerprint density at radius 1 is 0.923 bits per heavy atom. The quantitative estimate of drug-likeness (QED) is 0.361. The summed E-state index contributed by atoms with van der Waals surface area (Å²) in [5.74, 6) is -0.709. The number of amides is 2. The molecule has 1 fully saturated rings. The van der Waals surface area contributed by atoms with Crippen LogP contribution in [0.1, 0.15) is 42.9 Å². The Bertz CT molecular complexity index is 1330. The molecule has 2 aliphatic rings. The zero-order valence-electron chi connectivity index (χ0n) is 22.0. The average Bonchev–Trinajstić information content (AvgIpc) is 3.27. The zero-order chi connectivity index (χ0) is 27.5. The molecule has 2 heterocycles. The first-order valence-electron chi connectivity index (χ1n) is 13.4. The highest BCUT2D eigenvalue weighted by molar-refractivity contribution is 6.31. The maximum absolute atomic E-state index is 14.6. The van der Waals surface area contributed by atoms with E-state index < -0.39 is 5.82 Å². The van der Waals surface area contributed by atoms with Gasteiger partial charge in [-0.15, -0.1) is 0 Å². The number of anilines is 1. The predicted octanol–water partition coefficient (Wildman–Crippen LogP) is 6.49. The predicted molar refractivity (Wildman–Crippen MR) is 153 cm³/mol. The molecule has 2 aliphatic heterocycles. The standard InChI is InChI=1S/C31H32Cl2FN3O2/c1-21(38)36-16-15-25-13-14-26(37(25)18-22-9-11-24(32)12-10-22)20-35(19-23-5-2-3-8-30(23)36)31(39)17-27-28(33)6-4-7-29(27)34/h2-12,25-26H,13-20H2,1H3/t25-,26+/m1/s1. The lowest BCUT2D eigenvalue weighted by Gasteiger charge is -2.34. The number of hydrogen-bond acceptors (Lipinski definition) is 3. The summed E-state index contributed by atoms with van der Waals surface area (Å²) in [5.41, 5.74) is 3.06. The van der Waals surface area contributed by atoms with E-state index in [-0.39, 0.29) is 40.9 Å². The summed E-state index contributed by atoms with van der Waals surface area (Å²) in [6, 6.07) is 20.5. The monoisotopic (exact) mass is 567 g/mol. The van der Waals surface area contributed by atoms with Crippen molar-refractivity contribution in [1.82, 2.24) is 9.80 Å². The van der Waals surface area contributed by atoms with Gasteiger partial charge in [-0.2, -0.15) is 0 Å². The number of para-hydroxylation sites is 1. The molecule has 2 amide bonds. The first kappa shape index (κ1) is 27.6. The Labute approximate surface area is 239 Å². The van der Waals surface area contributed by atoms with Crippen molar-refractivity contribution in [3.8, 4) is 0 Å². The van der Waals surface area contributed by atoms with Gasteiger partial charge in [0.15, 0.2) is 0 Å². The number of carbonyl (C=O) groups is 2. The Morgan fingerprint density at radius 2 is 1.67 bits per heavy atom. The maximum Gasteiger partial charge on any atom is 0.227 e. The molecule has 0 aromatic heterocycles. The van der Waals surface area contributed by atoms with Crippen molar-refractivity contribution in [3.63, 3.8) is 0 Å². The minimum atomic E-state index is -0.484. The van der Waals surface area contributed by atoms with Crippen molar-refractivity contribution in [3.05, 3.63) is 99.3 Å². The molecule has 0 radical (unpaired) electrons. The maximum atomic E-state index is 14.6. The molecule has 2 bridgehead atoms. The fraction of sp³-hybridized carbons (Fsp3) is 0.355. The molecule has 39 heavy (non-hydrogen) atoms. The number of fused-ring (bicyclic) bond motifs is 3. The molecule has 0 N–H and O–H groups in total. The second-order valence-corrected chi connectivity index (χ2v) is 11.3. The van der Waals surface area contributed by atoms with E-state index in [1.165, 1.54) is 6.07 Å². The van der Waals surface area contributed by atoms with E-state index >= 15 is 0 Å². The van der Waals surface area contributed by atoms with Gasteiger partial charge in [0.25, 0.3) is 0 Å². The smallest absolute Gasteiger partial charge is 0.227 e. The van der Waals surface area contributed by atoms with Crippen LogP contribution in [-0.4, -0.2) is 46.8 Å². The molecule has 204 valence electrons. The van der Waals surface area contributed by atoms with Gasteiger partial charge in [-0.05, 0) is 60.7 Å². The van der Waals surface area contributed by atoms with Crippen LogP contribution in [0.2, 0.25) is 10.0 Å². The summed E-state index contributed by atoms with van der Waals surface area (Å²) < 4.78 is 14.6. The molecule has 3 aromatic rings. The van der Waals surface area contributed by atoms with Crippen LogP contribution in [0.25, 0.3) is 0 Å². The van der Waals surface area contributed by atoms with Crippen molar-refractivity contribution in [2.45, 2.75) is 57.8 Å². The number of rotatable bonds is 4. The van der Waals surface area contributed by atoms with Gasteiger partial charge in [0.05, 0.1) is 6.42 Å². The fourth-order valence-electron chi connectivity index (χ4n) is 5.89. The molecule has 0 spiro atoms. The zero-order valence-corrected chi connectivity index (χ0v) is 23.5. The highest BCUT2D eigenvalue weighted by Crippen LogP contribution is 2.33. The van der Waals surface area contributed by atoms with Gasteiger partial charge >= 0.3 is 0 Å². The third-order valence-corrected chi connectivity index (χ3v) is 8.54. The minimum absolute atomic E-state index is 0.0310. The van der Waals surface area contributed by atoms with Crippen molar-refractivity contribution < 1.29 is 14.0 Å². The SMILES string of the molecule is CC(=O)N1CC[C@H]2CC[C@@H](CN(C(=O)Cc3c(F)cccc3Cl)Cc3ccccc31)N2Cc1ccc(Cl)cc1. The lowest BCUT2D eigenvalue weighted by atomic mass is 10.1. The van der Waals surface area contributed by atoms with Gasteiger partial charge in [-0.3, -0.25) is 14.5 Å². The first-order chi connectivity index (χ1) is 18.8. The van der Waals surface area contributed by atoms with Crippen LogP contribution in [0.4, 0.5) is 10.1 Å². The molecule has 2 atom stereocenters. The summed E-state index contributed by atoms with van der Waals surface area (Å²) in [5, 5.41) is 0.937. The van der Waals surface area contributed by atoms with Crippen LogP contribution < -0.4 is 4.90 Å². The van der Waals surface area contributed by atoms with Crippen LogP contribution >= 0.6 is 23.2 Å². The van der Waals surface area contributed by atoms with Crippen molar-refractivity contribution in [2.75, 3.05) is 18.0 Å². The number of halogens is 3. The van der Waals surface area contributed by atoms with Gasteiger partial charge in [0.2, 0.25) is 11.8 Å². The lowest BCUT2D eigenvalue weighted by molar-refractivity contribution is -0.132. The van der Waals surface area contributed by atoms with Crippen molar-refractivity contribution in [2.24, 2.45) is 0 Å². The van der Waals surface area contributed by atoms with E-state index in [9.17, 15) is 14.0 Å². The molecule has 0 saturated carbocycles. The van der Waals surface area contributed by atoms with E-state index in [0.717, 1.165) is 42.6 Å². The summed E-state index contributed by atoms with van der Waals surface area (Å²) in [7, 11) is 0. The molecule has 0 aliphatic carbocycles. The van der Waals surface area contributed by atoms with E-state index in [2.05, 4.69) is 4.90 Å². The summed E-state index contributed by atoms with van der Waals surface area (Å²) in [6.45, 7) is 3.73. The average molecular weight is 569 g/mol. The number of carbonyl (C=O) groups excluding carboxylic acids is 2. The van der Waals surface area contributed by atoms with Crippen LogP contribution in [0, 0.1) is 5.82 Å². The Hall–Kier alpha value is -2.93. The molecule has 5 nitrogen and oxygen atoms in total. The highest BCUT2D eigenvalue weighted by Gasteiger charge is 2.36. The number of benzene rings is 3. The van der Waals surface area contributed by atoms with Gasteiger partial charge in [0, 0.05) is 66.5 Å². The van der Waals surface area contributed by atoms with E-state index in [1.807, 2.05) is 58.3 Å². The molecule has 1 saturated heterocycles. The third kappa shape index (κ3) is 6.29. The van der Waals surface area contributed by atoms with Gasteiger partial charge in [-0.1, -0.05) is 59.6 Å². The van der Waals surface area contributed by atoms with Gasteiger partial charge < -0.3 is 9.80 Å².